The number of rotatable bonds is 21. The number of carboxylic acids is 1. The molecule has 15 N–H and O–H groups in total. The Morgan fingerprint density at radius 2 is 1.07 bits per heavy atom. The lowest BCUT2D eigenvalue weighted by Crippen LogP contribution is -2.61. The van der Waals surface area contributed by atoms with Crippen LogP contribution in [0.1, 0.15) is 100 Å². The number of H-pyrrole nitrogens is 1. The molecule has 129 heavy (non-hydrogen) atoms. The van der Waals surface area contributed by atoms with Gasteiger partial charge in [0.25, 0.3) is 5.91 Å². The lowest BCUT2D eigenvalue weighted by molar-refractivity contribution is -0.145. The first kappa shape index (κ1) is 99.0. The molecule has 1 saturated heterocycles. The van der Waals surface area contributed by atoms with Crippen molar-refractivity contribution in [1.29, 1.82) is 0 Å². The van der Waals surface area contributed by atoms with Gasteiger partial charge in [0.2, 0.25) is 82.7 Å². The normalized spacial score (nSPS) is 22.2. The van der Waals surface area contributed by atoms with Crippen molar-refractivity contribution in [2.45, 2.75) is 172 Å². The Morgan fingerprint density at radius 3 is 1.68 bits per heavy atom. The quantitative estimate of drug-likeness (QED) is 0.0491. The maximum atomic E-state index is 15.7. The lowest BCUT2D eigenvalue weighted by atomic mass is 9.98. The summed E-state index contributed by atoms with van der Waals surface area (Å²) in [4.78, 5) is 244. The number of hydrogen-bond donors (Lipinski definition) is 14. The number of thioether (sulfide) groups is 1. The van der Waals surface area contributed by atoms with Gasteiger partial charge in [-0.2, -0.15) is 0 Å². The number of anilines is 1. The van der Waals surface area contributed by atoms with Crippen molar-refractivity contribution >= 4 is 123 Å². The zero-order chi connectivity index (χ0) is 94.0. The first-order chi connectivity index (χ1) is 61.3. The highest BCUT2D eigenvalue weighted by atomic mass is 32.2. The molecule has 0 saturated carbocycles. The van der Waals surface area contributed by atoms with Crippen LogP contribution in [-0.4, -0.2) is 260 Å². The highest BCUT2D eigenvalue weighted by Crippen LogP contribution is 2.31. The summed E-state index contributed by atoms with van der Waals surface area (Å²) in [6.45, 7) is 5.98. The van der Waals surface area contributed by atoms with Gasteiger partial charge in [0.15, 0.2) is 0 Å². The van der Waals surface area contributed by atoms with E-state index in [2.05, 4.69) is 52.8 Å². The molecule has 9 rings (SSSR count). The number of aliphatic carboxylic acids is 1. The molecular weight excluding hydrogens is 1680 g/mol. The molecule has 1 aromatic heterocycles. The summed E-state index contributed by atoms with van der Waals surface area (Å²) in [5, 5.41) is 55.4. The zero-order valence-electron chi connectivity index (χ0n) is 73.3. The average Bonchev–Trinajstić information content (AvgIpc) is 1.65. The van der Waals surface area contributed by atoms with E-state index in [4.69, 9.17) is 5.73 Å². The van der Waals surface area contributed by atoms with E-state index in [0.717, 1.165) is 38.6 Å². The Bertz CT molecular complexity index is 5220. The first-order valence-corrected chi connectivity index (χ1v) is 43.6. The Labute approximate surface area is 750 Å². The highest BCUT2D eigenvalue weighted by Gasteiger charge is 2.44. The maximum Gasteiger partial charge on any atom is 0.305 e. The summed E-state index contributed by atoms with van der Waals surface area (Å²) in [7, 11) is 5.04. The summed E-state index contributed by atoms with van der Waals surface area (Å²) in [5.74, 6) is -18.8. The fourth-order valence-corrected chi connectivity index (χ4v) is 16.2. The van der Waals surface area contributed by atoms with Crippen molar-refractivity contribution in [1.82, 2.24) is 72.4 Å². The van der Waals surface area contributed by atoms with Gasteiger partial charge >= 0.3 is 5.97 Å². The predicted octanol–water partition coefficient (Wildman–Crippen LogP) is 2.35. The molecule has 2 aliphatic heterocycles. The van der Waals surface area contributed by atoms with E-state index in [-0.39, 0.29) is 73.6 Å². The first-order valence-electron chi connectivity index (χ1n) is 42.4. The third-order valence-corrected chi connectivity index (χ3v) is 23.2. The molecule has 0 spiro atoms. The van der Waals surface area contributed by atoms with Gasteiger partial charge in [-0.25, -0.2) is 4.39 Å². The molecule has 0 radical (unpaired) electrons. The van der Waals surface area contributed by atoms with Crippen LogP contribution in [0.3, 0.4) is 0 Å². The minimum atomic E-state index is -1.95. The molecule has 3 heterocycles. The second-order valence-corrected chi connectivity index (χ2v) is 34.2. The van der Waals surface area contributed by atoms with E-state index >= 15 is 42.7 Å². The van der Waals surface area contributed by atoms with E-state index in [9.17, 15) is 53.7 Å². The highest BCUT2D eigenvalue weighted by molar-refractivity contribution is 8.00. The molecule has 7 aromatic rings. The van der Waals surface area contributed by atoms with Gasteiger partial charge in [-0.15, -0.1) is 11.8 Å². The number of carbonyl (C=O) groups is 16. The van der Waals surface area contributed by atoms with Crippen LogP contribution in [0.5, 0.6) is 11.5 Å². The number of nitrogens with zero attached hydrogens (tertiary/aromatic N) is 5. The lowest BCUT2D eigenvalue weighted by Gasteiger charge is -2.37. The summed E-state index contributed by atoms with van der Waals surface area (Å²) >= 11 is 0.824. The summed E-state index contributed by atoms with van der Waals surface area (Å²) < 4.78 is 15.2. The Balaban J connectivity index is 1.11. The van der Waals surface area contributed by atoms with Crippen LogP contribution in [0.25, 0.3) is 10.9 Å². The molecule has 37 heteroatoms. The number of aromatic nitrogens is 1. The van der Waals surface area contributed by atoms with Gasteiger partial charge in [0, 0.05) is 95.3 Å². The number of fused-ring (bicyclic) bond motifs is 6. The Morgan fingerprint density at radius 1 is 0.527 bits per heavy atom. The van der Waals surface area contributed by atoms with Crippen LogP contribution in [-0.2, 0) is 115 Å². The number of phenols is 2. The number of unbranched alkanes of at least 4 members (excludes halogenated alkanes) is 1. The van der Waals surface area contributed by atoms with E-state index in [1.165, 1.54) is 113 Å². The molecular formula is C92H113FN16O19S. The van der Waals surface area contributed by atoms with Crippen molar-refractivity contribution in [3.63, 3.8) is 0 Å². The van der Waals surface area contributed by atoms with Crippen LogP contribution >= 0.6 is 11.8 Å². The molecule has 688 valence electrons. The third kappa shape index (κ3) is 28.4. The number of amides is 15. The molecule has 35 nitrogen and oxygen atoms in total. The standard InChI is InChI=1S/C92H113FN16O19S/c1-10-11-27-73-90(126)106(7)49-78(114)98-69(45-80(116)117)86(122)104-81(53(4)5)92(128)107(8)74(42-57-21-17-23-60(93)37-57)87(123)102-70(41-56-30-34-63(111)35-31-56)88(124)105(6)48-77(113)97-68(44-59-46-95-65-26-16-15-25-64(59)65)85(121)101-67(39-55-28-32-62(110)33-29-55)84(120)100-66(36-52(2)3)83(119)103-72(82(118)96-47-76(94)112)50-129-51-79(115)99-71(40-54-19-13-12-14-20-54)89(125)108(9)75-43-58-22-18-24-61(38-58)109(73)91(75)127/h12-26,28-35,37-38,46,52-53,66-75,81,95,110-111H,10-11,27,36,39-45,47-51H2,1-9H3,(H2,94,112)(H,96,118)(H,97,113)(H,98,114)(H,99,115)(H,100,120)(H,101,121)(H,102,123)(H,103,119)(H,104,122)(H,116,117)/t66-,67-,68-,69-,70-,71-,72-,73-,74-,75-,81-/m0/s1. The molecule has 11 atom stereocenters. The second-order valence-electron chi connectivity index (χ2n) is 33.1. The van der Waals surface area contributed by atoms with Crippen molar-refractivity contribution in [3.8, 4) is 11.5 Å². The van der Waals surface area contributed by atoms with E-state index < -0.39 is 217 Å². The fourth-order valence-electron chi connectivity index (χ4n) is 15.3. The molecule has 1 fully saturated rings. The maximum absolute atomic E-state index is 15.7. The van der Waals surface area contributed by atoms with Crippen molar-refractivity contribution in [2.24, 2.45) is 17.6 Å². The number of likely N-dealkylation sites (N-methyl/N-ethyl adjacent to an activating group) is 4. The summed E-state index contributed by atoms with van der Waals surface area (Å²) in [6, 6.07) is 21.1. The fraction of sp³-hybridized carbons (Fsp3) is 0.413. The van der Waals surface area contributed by atoms with Crippen LogP contribution in [0.4, 0.5) is 10.1 Å². The second kappa shape index (κ2) is 46.6. The minimum absolute atomic E-state index is 0.00141. The average molecular weight is 1800 g/mol. The number of nitrogens with one attached hydrogen (secondary N) is 10. The van der Waals surface area contributed by atoms with Gasteiger partial charge < -0.3 is 93.5 Å². The van der Waals surface area contributed by atoms with Gasteiger partial charge in [0.1, 0.15) is 83.8 Å². The predicted molar refractivity (Wildman–Crippen MR) is 477 cm³/mol. The number of carboxylic acid groups (broad SMARTS) is 1. The molecule has 6 aromatic carbocycles. The van der Waals surface area contributed by atoms with E-state index in [0.29, 0.717) is 51.6 Å². The van der Waals surface area contributed by atoms with Gasteiger partial charge in [-0.05, 0) is 113 Å². The smallest absolute Gasteiger partial charge is 0.305 e. The number of primary amides is 1. The zero-order valence-corrected chi connectivity index (χ0v) is 74.1. The van der Waals surface area contributed by atoms with Gasteiger partial charge in [-0.1, -0.05) is 145 Å². The van der Waals surface area contributed by atoms with Crippen molar-refractivity contribution < 1.29 is 96.4 Å². The van der Waals surface area contributed by atoms with Crippen molar-refractivity contribution in [3.05, 3.63) is 197 Å². The number of hydrogen-bond acceptors (Lipinski definition) is 19. The molecule has 2 aliphatic rings. The topological polar surface area (TPSA) is 500 Å². The number of para-hydroxylation sites is 1. The number of nitrogens with two attached hydrogens (primary N) is 1. The third-order valence-electron chi connectivity index (χ3n) is 22.2. The number of aromatic hydroxyl groups is 2. The van der Waals surface area contributed by atoms with Crippen LogP contribution in [0.2, 0.25) is 0 Å². The SMILES string of the molecule is CCCC[C@H]1C(=O)N(C)CC(=O)N[C@@H](CC(=O)O)C(=O)N[C@@H](C(C)C)C(=O)N(C)[C@@H](Cc2cccc(F)c2)C(=O)N[C@@H](Cc2ccc(O)cc2)C(=O)N(C)CC(=O)N[C@@H](Cc2c[nH]c3ccccc23)C(=O)N[C@@H](Cc2ccc(O)cc2)C(=O)N[C@@H](CC(C)C)C(=O)N[C@H](C(=O)NCC(N)=O)CSCC(=O)N[C@@H](Cc2ccccc2)C(=O)N(C)[C@H]2Cc3cccc(c3)N1C2=O. The van der Waals surface area contributed by atoms with Gasteiger partial charge in [-0.3, -0.25) is 81.6 Å². The number of benzene rings is 6. The molecule has 0 unspecified atom stereocenters. The minimum Gasteiger partial charge on any atom is -0.508 e. The Kier molecular flexibility index (Phi) is 35.8. The number of aromatic amines is 1. The molecule has 0 aliphatic carbocycles. The van der Waals surface area contributed by atoms with Crippen LogP contribution in [0, 0.1) is 17.7 Å². The van der Waals surface area contributed by atoms with E-state index in [1.807, 2.05) is 6.92 Å². The van der Waals surface area contributed by atoms with Crippen LogP contribution < -0.4 is 58.5 Å². The van der Waals surface area contributed by atoms with E-state index in [1.54, 1.807) is 98.9 Å². The van der Waals surface area contributed by atoms with Crippen LogP contribution in [0.15, 0.2) is 158 Å². The number of halogens is 1. The number of phenolic OH excluding ortho intramolecular Hbond substituents is 2. The Hall–Kier alpha value is -13.7. The number of carbonyl (C=O) groups excluding carboxylic acids is 15. The summed E-state index contributed by atoms with van der Waals surface area (Å²) in [6.07, 6.45) is -0.347. The molecule has 15 amide bonds. The summed E-state index contributed by atoms with van der Waals surface area (Å²) in [5.41, 5.74) is 8.88. The largest absolute Gasteiger partial charge is 0.508 e. The molecule has 4 bridgehead atoms. The monoisotopic (exact) mass is 1800 g/mol. The van der Waals surface area contributed by atoms with Gasteiger partial charge in [0.05, 0.1) is 31.8 Å². The van der Waals surface area contributed by atoms with Crippen molar-refractivity contribution in [2.75, 3.05) is 64.2 Å².